The van der Waals surface area contributed by atoms with Crippen LogP contribution in [0.5, 0.6) is 0 Å². The Balaban J connectivity index is 1.93. The summed E-state index contributed by atoms with van der Waals surface area (Å²) in [4.78, 5) is 11.7. The largest absolute Gasteiger partial charge is 0.458 e. The van der Waals surface area contributed by atoms with Crippen molar-refractivity contribution in [2.45, 2.75) is 63.9 Å². The number of carbonyl (C=O) groups is 1. The molecule has 19 heavy (non-hydrogen) atoms. The minimum atomic E-state index is -0.486. The highest BCUT2D eigenvalue weighted by molar-refractivity contribution is 5.75. The van der Waals surface area contributed by atoms with Crippen LogP contribution in [-0.4, -0.2) is 35.0 Å². The second-order valence-corrected chi connectivity index (χ2v) is 6.47. The molecule has 0 aliphatic carbocycles. The maximum atomic E-state index is 11.7. The van der Waals surface area contributed by atoms with Crippen molar-refractivity contribution < 1.29 is 19.4 Å². The summed E-state index contributed by atoms with van der Waals surface area (Å²) in [6.45, 7) is 5.92. The predicted molar refractivity (Wildman–Crippen MR) is 69.4 cm³/mol. The summed E-state index contributed by atoms with van der Waals surface area (Å²) in [5, 5.41) is 10.2. The molecule has 2 bridgehead atoms. The molecule has 0 aromatic heterocycles. The van der Waals surface area contributed by atoms with Crippen molar-refractivity contribution in [1.82, 2.24) is 0 Å². The van der Waals surface area contributed by atoms with Crippen LogP contribution in [0, 0.1) is 11.8 Å². The van der Waals surface area contributed by atoms with Crippen LogP contribution in [0.4, 0.5) is 0 Å². The molecule has 2 fully saturated rings. The third kappa shape index (κ3) is 2.01. The van der Waals surface area contributed by atoms with E-state index in [4.69, 9.17) is 9.47 Å². The van der Waals surface area contributed by atoms with Gasteiger partial charge in [-0.1, -0.05) is 6.92 Å². The maximum Gasteiger partial charge on any atom is 0.309 e. The summed E-state index contributed by atoms with van der Waals surface area (Å²) in [7, 11) is 0. The molecule has 6 atom stereocenters. The molecule has 0 aromatic rings. The number of fused-ring (bicyclic) bond motifs is 3. The lowest BCUT2D eigenvalue weighted by atomic mass is 9.81. The Morgan fingerprint density at radius 3 is 2.95 bits per heavy atom. The van der Waals surface area contributed by atoms with Gasteiger partial charge in [0.05, 0.1) is 23.7 Å². The molecule has 0 amide bonds. The smallest absolute Gasteiger partial charge is 0.309 e. The van der Waals surface area contributed by atoms with Gasteiger partial charge < -0.3 is 14.6 Å². The lowest BCUT2D eigenvalue weighted by Gasteiger charge is -2.29. The molecule has 0 unspecified atom stereocenters. The molecule has 2 saturated heterocycles. The van der Waals surface area contributed by atoms with E-state index in [2.05, 4.69) is 0 Å². The fourth-order valence-corrected chi connectivity index (χ4v) is 3.59. The average molecular weight is 266 g/mol. The second kappa shape index (κ2) is 4.32. The van der Waals surface area contributed by atoms with Gasteiger partial charge in [0.2, 0.25) is 0 Å². The maximum absolute atomic E-state index is 11.7. The Kier molecular flexibility index (Phi) is 2.98. The van der Waals surface area contributed by atoms with Gasteiger partial charge in [-0.2, -0.15) is 0 Å². The van der Waals surface area contributed by atoms with Crippen molar-refractivity contribution in [1.29, 1.82) is 0 Å². The first-order chi connectivity index (χ1) is 8.90. The molecule has 4 nitrogen and oxygen atoms in total. The molecule has 3 heterocycles. The topological polar surface area (TPSA) is 55.8 Å². The van der Waals surface area contributed by atoms with Crippen molar-refractivity contribution in [2.24, 2.45) is 11.8 Å². The quantitative estimate of drug-likeness (QED) is 0.536. The minimum absolute atomic E-state index is 0.0478. The van der Waals surface area contributed by atoms with Crippen LogP contribution in [0.3, 0.4) is 0 Å². The summed E-state index contributed by atoms with van der Waals surface area (Å²) >= 11 is 0. The van der Waals surface area contributed by atoms with Crippen LogP contribution in [0.1, 0.15) is 40.0 Å². The molecule has 1 N–H and O–H groups in total. The van der Waals surface area contributed by atoms with Gasteiger partial charge in [-0.3, -0.25) is 4.79 Å². The zero-order chi connectivity index (χ0) is 13.8. The van der Waals surface area contributed by atoms with Gasteiger partial charge in [0.25, 0.3) is 0 Å². The van der Waals surface area contributed by atoms with Crippen molar-refractivity contribution in [3.8, 4) is 0 Å². The lowest BCUT2D eigenvalue weighted by molar-refractivity contribution is -0.142. The standard InChI is InChI=1S/C15H22O4/c1-8-6-12-10(9(2)14(17)18-12)4-5-15(3)13(16)7-11(8)19-15/h6,9-13,16H,4-5,7H2,1-3H3/b8-6-/t9-,10-,11+,12+,13-,15+/m1/s1. The van der Waals surface area contributed by atoms with E-state index in [-0.39, 0.29) is 30.0 Å². The van der Waals surface area contributed by atoms with Gasteiger partial charge in [0.1, 0.15) is 6.10 Å². The second-order valence-electron chi connectivity index (χ2n) is 6.47. The Labute approximate surface area is 113 Å². The van der Waals surface area contributed by atoms with E-state index in [1.54, 1.807) is 0 Å². The zero-order valence-corrected chi connectivity index (χ0v) is 11.8. The highest BCUT2D eigenvalue weighted by atomic mass is 16.6. The van der Waals surface area contributed by atoms with Crippen LogP contribution in [0.25, 0.3) is 0 Å². The van der Waals surface area contributed by atoms with E-state index < -0.39 is 11.7 Å². The number of esters is 1. The van der Waals surface area contributed by atoms with Gasteiger partial charge in [0, 0.05) is 12.3 Å². The van der Waals surface area contributed by atoms with Gasteiger partial charge in [-0.25, -0.2) is 0 Å². The average Bonchev–Trinajstić information content (AvgIpc) is 2.79. The van der Waals surface area contributed by atoms with Gasteiger partial charge in [-0.15, -0.1) is 0 Å². The molecule has 3 aliphatic heterocycles. The number of ether oxygens (including phenoxy) is 2. The van der Waals surface area contributed by atoms with Crippen molar-refractivity contribution in [3.05, 3.63) is 11.6 Å². The van der Waals surface area contributed by atoms with Crippen molar-refractivity contribution >= 4 is 5.97 Å². The van der Waals surface area contributed by atoms with Crippen molar-refractivity contribution in [3.63, 3.8) is 0 Å². The van der Waals surface area contributed by atoms with E-state index in [1.165, 1.54) is 0 Å². The van der Waals surface area contributed by atoms with Crippen LogP contribution >= 0.6 is 0 Å². The molecular weight excluding hydrogens is 244 g/mol. The highest BCUT2D eigenvalue weighted by Gasteiger charge is 2.49. The van der Waals surface area contributed by atoms with Crippen molar-refractivity contribution in [2.75, 3.05) is 0 Å². The fourth-order valence-electron chi connectivity index (χ4n) is 3.59. The van der Waals surface area contributed by atoms with E-state index in [1.807, 2.05) is 26.8 Å². The van der Waals surface area contributed by atoms with Crippen LogP contribution < -0.4 is 0 Å². The molecule has 3 aliphatic rings. The summed E-state index contributed by atoms with van der Waals surface area (Å²) in [5.74, 6) is 0.0411. The van der Waals surface area contributed by atoms with Crippen LogP contribution in [0.2, 0.25) is 0 Å². The fraction of sp³-hybridized carbons (Fsp3) is 0.800. The third-order valence-corrected chi connectivity index (χ3v) is 5.15. The number of rotatable bonds is 0. The van der Waals surface area contributed by atoms with Gasteiger partial charge in [-0.05, 0) is 38.3 Å². The number of hydrogen-bond donors (Lipinski definition) is 1. The first-order valence-electron chi connectivity index (χ1n) is 7.15. The normalized spacial score (nSPS) is 52.5. The van der Waals surface area contributed by atoms with E-state index in [9.17, 15) is 9.90 Å². The molecule has 0 spiro atoms. The predicted octanol–water partition coefficient (Wildman–Crippen LogP) is 1.81. The summed E-state index contributed by atoms with van der Waals surface area (Å²) in [6, 6.07) is 0. The highest BCUT2D eigenvalue weighted by Crippen LogP contribution is 2.43. The van der Waals surface area contributed by atoms with Gasteiger partial charge in [0.15, 0.2) is 0 Å². The summed E-state index contributed by atoms with van der Waals surface area (Å²) < 4.78 is 11.5. The Bertz CT molecular complexity index is 430. The first kappa shape index (κ1) is 13.1. The lowest BCUT2D eigenvalue weighted by Crippen LogP contribution is -2.37. The molecular formula is C15H22O4. The SMILES string of the molecule is C/C1=C/[C@@H]2OC(=O)[C@H](C)[C@H]2CC[C@]2(C)O[C@H]1C[C@H]2O. The van der Waals surface area contributed by atoms with Crippen LogP contribution in [-0.2, 0) is 14.3 Å². The molecule has 0 aromatic carbocycles. The monoisotopic (exact) mass is 266 g/mol. The molecule has 0 saturated carbocycles. The van der Waals surface area contributed by atoms with Crippen LogP contribution in [0.15, 0.2) is 11.6 Å². The summed E-state index contributed by atoms with van der Waals surface area (Å²) in [5.41, 5.74) is 0.585. The number of aliphatic hydroxyl groups is 1. The number of hydrogen-bond acceptors (Lipinski definition) is 4. The van der Waals surface area contributed by atoms with Gasteiger partial charge >= 0.3 is 5.97 Å². The Morgan fingerprint density at radius 2 is 2.21 bits per heavy atom. The number of aliphatic hydroxyl groups excluding tert-OH is 1. The van der Waals surface area contributed by atoms with E-state index >= 15 is 0 Å². The van der Waals surface area contributed by atoms with E-state index in [0.29, 0.717) is 6.42 Å². The molecule has 4 heteroatoms. The zero-order valence-electron chi connectivity index (χ0n) is 11.8. The Hall–Kier alpha value is -0.870. The first-order valence-corrected chi connectivity index (χ1v) is 7.15. The summed E-state index contributed by atoms with van der Waals surface area (Å²) in [6.07, 6.45) is 3.70. The molecule has 3 rings (SSSR count). The Morgan fingerprint density at radius 1 is 1.47 bits per heavy atom. The minimum Gasteiger partial charge on any atom is -0.458 e. The number of carbonyl (C=O) groups excluding carboxylic acids is 1. The molecule has 0 radical (unpaired) electrons. The van der Waals surface area contributed by atoms with E-state index in [0.717, 1.165) is 18.4 Å². The molecule has 106 valence electrons. The third-order valence-electron chi connectivity index (χ3n) is 5.15.